The van der Waals surface area contributed by atoms with E-state index in [2.05, 4.69) is 4.99 Å². The zero-order valence-electron chi connectivity index (χ0n) is 14.2. The first-order valence-electron chi connectivity index (χ1n) is 8.48. The van der Waals surface area contributed by atoms with E-state index < -0.39 is 5.82 Å². The number of aliphatic imine (C=N–C) groups is 1. The number of rotatable bonds is 2. The summed E-state index contributed by atoms with van der Waals surface area (Å²) in [6, 6.07) is 4.93. The van der Waals surface area contributed by atoms with Gasteiger partial charge in [-0.15, -0.1) is 0 Å². The van der Waals surface area contributed by atoms with Crippen LogP contribution < -0.4 is 0 Å². The summed E-state index contributed by atoms with van der Waals surface area (Å²) in [6.07, 6.45) is 4.12. The van der Waals surface area contributed by atoms with Gasteiger partial charge in [0.05, 0.1) is 16.4 Å². The van der Waals surface area contributed by atoms with Crippen LogP contribution in [0.3, 0.4) is 0 Å². The second kappa shape index (κ2) is 5.99. The van der Waals surface area contributed by atoms with Crippen LogP contribution in [0.5, 0.6) is 0 Å². The monoisotopic (exact) mass is 359 g/mol. The quantitative estimate of drug-likeness (QED) is 0.810. The molecule has 1 aliphatic carbocycles. The lowest BCUT2D eigenvalue weighted by molar-refractivity contribution is -0.131. The minimum Gasteiger partial charge on any atom is -0.333 e. The van der Waals surface area contributed by atoms with Crippen LogP contribution in [-0.4, -0.2) is 47.6 Å². The molecule has 1 saturated carbocycles. The van der Waals surface area contributed by atoms with Crippen molar-refractivity contribution >= 4 is 28.8 Å². The number of piperazine rings is 1. The molecule has 6 heteroatoms. The Labute approximate surface area is 151 Å². The zero-order valence-corrected chi connectivity index (χ0v) is 15.0. The number of benzene rings is 1. The van der Waals surface area contributed by atoms with Crippen LogP contribution in [0, 0.1) is 5.82 Å². The Morgan fingerprint density at radius 3 is 2.68 bits per heavy atom. The minimum atomic E-state index is -0.471. The van der Waals surface area contributed by atoms with Gasteiger partial charge in [-0.05, 0) is 37.5 Å². The van der Waals surface area contributed by atoms with Gasteiger partial charge in [0, 0.05) is 31.8 Å². The van der Waals surface area contributed by atoms with Crippen molar-refractivity contribution in [1.82, 2.24) is 9.80 Å². The molecule has 1 amide bonds. The van der Waals surface area contributed by atoms with Crippen molar-refractivity contribution in [2.75, 3.05) is 20.1 Å². The zero-order chi connectivity index (χ0) is 17.7. The fraction of sp³-hybridized carbons (Fsp3) is 0.368. The average Bonchev–Trinajstić information content (AvgIpc) is 3.38. The third-order valence-corrected chi connectivity index (χ3v) is 5.29. The summed E-state index contributed by atoms with van der Waals surface area (Å²) in [6.45, 7) is 3.41. The summed E-state index contributed by atoms with van der Waals surface area (Å²) >= 11 is 5.99. The predicted octanol–water partition coefficient (Wildman–Crippen LogP) is 3.49. The van der Waals surface area contributed by atoms with E-state index in [0.717, 1.165) is 48.5 Å². The number of nitrogens with zero attached hydrogens (tertiary/aromatic N) is 3. The van der Waals surface area contributed by atoms with E-state index in [1.54, 1.807) is 19.2 Å². The van der Waals surface area contributed by atoms with Crippen molar-refractivity contribution in [3.8, 4) is 0 Å². The van der Waals surface area contributed by atoms with Crippen LogP contribution in [0.2, 0.25) is 5.02 Å². The molecule has 25 heavy (non-hydrogen) atoms. The van der Waals surface area contributed by atoms with E-state index in [4.69, 9.17) is 11.6 Å². The smallest absolute Gasteiger partial charge is 0.271 e. The molecule has 1 aromatic carbocycles. The Morgan fingerprint density at radius 1 is 1.32 bits per heavy atom. The lowest BCUT2D eigenvalue weighted by atomic mass is 9.99. The highest BCUT2D eigenvalue weighted by molar-refractivity contribution is 6.39. The minimum absolute atomic E-state index is 0.0298. The van der Waals surface area contributed by atoms with Crippen molar-refractivity contribution in [2.24, 2.45) is 4.99 Å². The maximum Gasteiger partial charge on any atom is 0.271 e. The van der Waals surface area contributed by atoms with E-state index in [0.29, 0.717) is 11.7 Å². The molecule has 0 spiro atoms. The molecule has 0 radical (unpaired) electrons. The third-order valence-electron chi connectivity index (χ3n) is 5.00. The van der Waals surface area contributed by atoms with Crippen molar-refractivity contribution < 1.29 is 9.18 Å². The Hall–Kier alpha value is -2.14. The average molecular weight is 360 g/mol. The molecule has 2 heterocycles. The fourth-order valence-corrected chi connectivity index (χ4v) is 3.88. The Morgan fingerprint density at radius 2 is 2.08 bits per heavy atom. The van der Waals surface area contributed by atoms with Crippen LogP contribution in [0.4, 0.5) is 4.39 Å². The number of halogens is 2. The summed E-state index contributed by atoms with van der Waals surface area (Å²) in [5.41, 5.74) is 3.78. The van der Waals surface area contributed by atoms with Crippen LogP contribution in [-0.2, 0) is 4.79 Å². The molecule has 2 fully saturated rings. The van der Waals surface area contributed by atoms with Crippen molar-refractivity contribution in [3.63, 3.8) is 0 Å². The molecule has 0 bridgehead atoms. The number of carbonyl (C=O) groups excluding carboxylic acids is 1. The summed E-state index contributed by atoms with van der Waals surface area (Å²) in [4.78, 5) is 21.6. The van der Waals surface area contributed by atoms with Gasteiger partial charge in [0.25, 0.3) is 5.91 Å². The van der Waals surface area contributed by atoms with Gasteiger partial charge in [0.2, 0.25) is 0 Å². The van der Waals surface area contributed by atoms with E-state index >= 15 is 0 Å². The van der Waals surface area contributed by atoms with E-state index in [1.165, 1.54) is 6.07 Å². The molecule has 4 nitrogen and oxygen atoms in total. The predicted molar refractivity (Wildman–Crippen MR) is 96.9 cm³/mol. The highest BCUT2D eigenvalue weighted by atomic mass is 35.5. The van der Waals surface area contributed by atoms with Gasteiger partial charge in [-0.2, -0.15) is 0 Å². The van der Waals surface area contributed by atoms with Gasteiger partial charge in [-0.1, -0.05) is 23.7 Å². The normalized spacial score (nSPS) is 23.9. The van der Waals surface area contributed by atoms with Gasteiger partial charge >= 0.3 is 0 Å². The first-order valence-corrected chi connectivity index (χ1v) is 8.86. The van der Waals surface area contributed by atoms with Gasteiger partial charge in [0.15, 0.2) is 0 Å². The molecule has 0 aromatic heterocycles. The molecule has 2 aliphatic heterocycles. The summed E-state index contributed by atoms with van der Waals surface area (Å²) < 4.78 is 13.6. The lowest BCUT2D eigenvalue weighted by Crippen LogP contribution is -2.47. The van der Waals surface area contributed by atoms with Crippen molar-refractivity contribution in [1.29, 1.82) is 0 Å². The highest BCUT2D eigenvalue weighted by Gasteiger charge is 2.45. The van der Waals surface area contributed by atoms with E-state index in [1.807, 2.05) is 22.8 Å². The van der Waals surface area contributed by atoms with Crippen molar-refractivity contribution in [3.05, 3.63) is 52.1 Å². The maximum atomic E-state index is 13.6. The molecule has 0 unspecified atom stereocenters. The number of hydrogen-bond acceptors (Lipinski definition) is 3. The third kappa shape index (κ3) is 2.49. The van der Waals surface area contributed by atoms with Crippen LogP contribution >= 0.6 is 11.6 Å². The first-order chi connectivity index (χ1) is 12.1. The summed E-state index contributed by atoms with van der Waals surface area (Å²) in [7, 11) is 1.71. The molecule has 1 aromatic rings. The number of allylic oxidation sites excluding steroid dienone is 2. The van der Waals surface area contributed by atoms with Crippen molar-refractivity contribution in [2.45, 2.75) is 25.8 Å². The number of hydrogen-bond donors (Lipinski definition) is 0. The Balaban J connectivity index is 1.91. The molecule has 3 aliphatic rings. The second-order valence-electron chi connectivity index (χ2n) is 6.48. The first kappa shape index (κ1) is 16.3. The molecule has 4 rings (SSSR count). The van der Waals surface area contributed by atoms with E-state index in [9.17, 15) is 9.18 Å². The van der Waals surface area contributed by atoms with Gasteiger partial charge in [-0.25, -0.2) is 4.39 Å². The Kier molecular flexibility index (Phi) is 3.91. The maximum absolute atomic E-state index is 13.6. The van der Waals surface area contributed by atoms with E-state index in [-0.39, 0.29) is 10.9 Å². The topological polar surface area (TPSA) is 35.9 Å². The molecular weight excluding hydrogens is 341 g/mol. The molecular formula is C19H19ClFN3O. The fourth-order valence-electron chi connectivity index (χ4n) is 3.70. The summed E-state index contributed by atoms with van der Waals surface area (Å²) in [5.74, 6) is -0.441. The number of carbonyl (C=O) groups is 1. The molecule has 0 atom stereocenters. The number of fused-ring (bicyclic) bond motifs is 1. The second-order valence-corrected chi connectivity index (χ2v) is 6.89. The standard InChI is InChI=1S/C19H19ClFN3O/c1-3-15-17(22-2)16(11-4-7-14(21)13(20)10-11)18-19(25)23(12-5-6-12)8-9-24(15)18/h3-4,7,10,12H,5-6,8-9H2,1-2H3. The lowest BCUT2D eigenvalue weighted by Gasteiger charge is -2.35. The largest absolute Gasteiger partial charge is 0.333 e. The Bertz CT molecular complexity index is 854. The summed E-state index contributed by atoms with van der Waals surface area (Å²) in [5, 5.41) is 0.0452. The molecule has 1 saturated heterocycles. The highest BCUT2D eigenvalue weighted by Crippen LogP contribution is 2.41. The van der Waals surface area contributed by atoms with Crippen LogP contribution in [0.15, 0.2) is 40.7 Å². The van der Waals surface area contributed by atoms with Gasteiger partial charge in [-0.3, -0.25) is 9.79 Å². The van der Waals surface area contributed by atoms with Crippen LogP contribution in [0.25, 0.3) is 5.57 Å². The SMILES string of the molecule is CC=C1C(=NC)C(c2ccc(F)c(Cl)c2)=C2C(=O)N(C3CC3)CCN12. The van der Waals surface area contributed by atoms with Gasteiger partial charge in [0.1, 0.15) is 11.5 Å². The molecule has 0 N–H and O–H groups in total. The van der Waals surface area contributed by atoms with Gasteiger partial charge < -0.3 is 9.80 Å². The number of amides is 1. The van der Waals surface area contributed by atoms with Crippen LogP contribution in [0.1, 0.15) is 25.3 Å². The molecule has 130 valence electrons.